The average Bonchev–Trinajstić information content (AvgIpc) is 2.53. The van der Waals surface area contributed by atoms with Gasteiger partial charge in [0.25, 0.3) is 11.8 Å². The van der Waals surface area contributed by atoms with Crippen molar-refractivity contribution in [3.05, 3.63) is 24.3 Å². The van der Waals surface area contributed by atoms with Gasteiger partial charge in [-0.25, -0.2) is 4.79 Å². The number of nitrogens with zero attached hydrogens (tertiary/aromatic N) is 1. The minimum atomic E-state index is -1.17. The summed E-state index contributed by atoms with van der Waals surface area (Å²) in [5.74, 6) is -1.22. The number of rotatable bonds is 5. The highest BCUT2D eigenvalue weighted by atomic mass is 16.5. The Morgan fingerprint density at radius 1 is 1.38 bits per heavy atom. The Hall–Kier alpha value is -3.10. The first-order valence-corrected chi connectivity index (χ1v) is 7.20. The molecule has 3 N–H and O–H groups in total. The van der Waals surface area contributed by atoms with Gasteiger partial charge >= 0.3 is 12.0 Å². The van der Waals surface area contributed by atoms with E-state index in [0.29, 0.717) is 11.4 Å². The molecular formula is C15H17N3O6. The minimum absolute atomic E-state index is 0.0855. The maximum Gasteiger partial charge on any atom is 0.318 e. The standard InChI is InChI=1S/C15H17N3O6/c1-9(14(21)17-15(16)22)24-13(20)6-7-18-10-4-2-3-5-11(10)23-8-12(18)19/h2-5,9H,6-8H2,1H3,(H3,16,17,21,22)/t9-/m0/s1. The van der Waals surface area contributed by atoms with Gasteiger partial charge in [0.2, 0.25) is 0 Å². The fraction of sp³-hybridized carbons (Fsp3) is 0.333. The lowest BCUT2D eigenvalue weighted by molar-refractivity contribution is -0.154. The third-order valence-corrected chi connectivity index (χ3v) is 3.27. The predicted molar refractivity (Wildman–Crippen MR) is 82.2 cm³/mol. The summed E-state index contributed by atoms with van der Waals surface area (Å²) in [7, 11) is 0. The van der Waals surface area contributed by atoms with Gasteiger partial charge in [-0.05, 0) is 19.1 Å². The summed E-state index contributed by atoms with van der Waals surface area (Å²) in [6.45, 7) is 1.29. The zero-order chi connectivity index (χ0) is 17.7. The van der Waals surface area contributed by atoms with Gasteiger partial charge in [0.1, 0.15) is 5.75 Å². The van der Waals surface area contributed by atoms with E-state index < -0.39 is 24.0 Å². The number of benzene rings is 1. The number of nitrogens with two attached hydrogens (primary N) is 1. The summed E-state index contributed by atoms with van der Waals surface area (Å²) in [6, 6.07) is 5.94. The lowest BCUT2D eigenvalue weighted by atomic mass is 10.2. The minimum Gasteiger partial charge on any atom is -0.482 e. The molecule has 1 aromatic carbocycles. The van der Waals surface area contributed by atoms with E-state index in [-0.39, 0.29) is 25.5 Å². The summed E-state index contributed by atoms with van der Waals surface area (Å²) in [4.78, 5) is 47.2. The molecule has 1 aromatic rings. The summed E-state index contributed by atoms with van der Waals surface area (Å²) >= 11 is 0. The van der Waals surface area contributed by atoms with E-state index in [2.05, 4.69) is 0 Å². The van der Waals surface area contributed by atoms with Gasteiger partial charge in [0, 0.05) is 6.54 Å². The maximum atomic E-state index is 12.0. The summed E-state index contributed by atoms with van der Waals surface area (Å²) < 4.78 is 10.2. The van der Waals surface area contributed by atoms with Crippen LogP contribution < -0.4 is 20.7 Å². The van der Waals surface area contributed by atoms with E-state index >= 15 is 0 Å². The number of hydrogen-bond acceptors (Lipinski definition) is 6. The van der Waals surface area contributed by atoms with Crippen LogP contribution in [0.2, 0.25) is 0 Å². The van der Waals surface area contributed by atoms with Crippen LogP contribution in [0.4, 0.5) is 10.5 Å². The Kier molecular flexibility index (Phi) is 5.35. The monoisotopic (exact) mass is 335 g/mol. The van der Waals surface area contributed by atoms with Gasteiger partial charge < -0.3 is 20.1 Å². The molecule has 9 heteroatoms. The van der Waals surface area contributed by atoms with Crippen LogP contribution in [0, 0.1) is 0 Å². The molecule has 0 aliphatic carbocycles. The predicted octanol–water partition coefficient (Wildman–Crippen LogP) is -0.0713. The fourth-order valence-electron chi connectivity index (χ4n) is 2.13. The second-order valence-electron chi connectivity index (χ2n) is 5.04. The molecule has 24 heavy (non-hydrogen) atoms. The van der Waals surface area contributed by atoms with Crippen molar-refractivity contribution >= 4 is 29.5 Å². The molecule has 0 aromatic heterocycles. The number of nitrogens with one attached hydrogen (secondary N) is 1. The molecule has 0 saturated heterocycles. The van der Waals surface area contributed by atoms with Crippen molar-refractivity contribution in [1.82, 2.24) is 5.32 Å². The van der Waals surface area contributed by atoms with Crippen LogP contribution >= 0.6 is 0 Å². The molecule has 1 heterocycles. The number of amides is 4. The first-order chi connectivity index (χ1) is 11.4. The normalized spacial score (nSPS) is 14.2. The second kappa shape index (κ2) is 7.44. The van der Waals surface area contributed by atoms with Crippen molar-refractivity contribution in [2.24, 2.45) is 5.73 Å². The van der Waals surface area contributed by atoms with Crippen molar-refractivity contribution in [3.8, 4) is 5.75 Å². The van der Waals surface area contributed by atoms with Crippen LogP contribution in [0.25, 0.3) is 0 Å². The van der Waals surface area contributed by atoms with Gasteiger partial charge in [0.05, 0.1) is 12.1 Å². The molecule has 0 unspecified atom stereocenters. The molecule has 1 atom stereocenters. The number of fused-ring (bicyclic) bond motifs is 1. The molecule has 4 amide bonds. The van der Waals surface area contributed by atoms with Gasteiger partial charge in [-0.15, -0.1) is 0 Å². The summed E-state index contributed by atoms with van der Waals surface area (Å²) in [6.07, 6.45) is -1.29. The Morgan fingerprint density at radius 2 is 2.08 bits per heavy atom. The van der Waals surface area contributed by atoms with Crippen LogP contribution in [-0.4, -0.2) is 43.1 Å². The van der Waals surface area contributed by atoms with E-state index in [9.17, 15) is 19.2 Å². The number of anilines is 1. The van der Waals surface area contributed by atoms with E-state index in [1.54, 1.807) is 24.3 Å². The van der Waals surface area contributed by atoms with Crippen molar-refractivity contribution in [1.29, 1.82) is 0 Å². The molecule has 9 nitrogen and oxygen atoms in total. The lowest BCUT2D eigenvalue weighted by Gasteiger charge is -2.29. The van der Waals surface area contributed by atoms with Gasteiger partial charge in [-0.1, -0.05) is 12.1 Å². The zero-order valence-electron chi connectivity index (χ0n) is 13.0. The SMILES string of the molecule is C[C@H](OC(=O)CCN1C(=O)COc2ccccc21)C(=O)NC(N)=O. The highest BCUT2D eigenvalue weighted by molar-refractivity contribution is 5.98. The molecule has 0 bridgehead atoms. The van der Waals surface area contributed by atoms with Crippen molar-refractivity contribution in [3.63, 3.8) is 0 Å². The second-order valence-corrected chi connectivity index (χ2v) is 5.04. The molecule has 0 radical (unpaired) electrons. The number of esters is 1. The Balaban J connectivity index is 1.91. The van der Waals surface area contributed by atoms with Gasteiger partial charge in [-0.2, -0.15) is 0 Å². The lowest BCUT2D eigenvalue weighted by Crippen LogP contribution is -2.43. The molecule has 0 spiro atoms. The molecule has 1 aliphatic rings. The van der Waals surface area contributed by atoms with Crippen LogP contribution in [-0.2, 0) is 19.1 Å². The maximum absolute atomic E-state index is 12.0. The van der Waals surface area contributed by atoms with Crippen LogP contribution in [0.15, 0.2) is 24.3 Å². The van der Waals surface area contributed by atoms with Gasteiger partial charge in [0.15, 0.2) is 12.7 Å². The topological polar surface area (TPSA) is 128 Å². The highest BCUT2D eigenvalue weighted by Gasteiger charge is 2.26. The third kappa shape index (κ3) is 4.22. The van der Waals surface area contributed by atoms with E-state index in [4.69, 9.17) is 15.2 Å². The van der Waals surface area contributed by atoms with Crippen molar-refractivity contribution in [2.45, 2.75) is 19.4 Å². The summed E-state index contributed by atoms with van der Waals surface area (Å²) in [5, 5.41) is 1.82. The summed E-state index contributed by atoms with van der Waals surface area (Å²) in [5.41, 5.74) is 5.38. The molecule has 0 saturated carbocycles. The fourth-order valence-corrected chi connectivity index (χ4v) is 2.13. The number of carbonyl (C=O) groups is 4. The highest BCUT2D eigenvalue weighted by Crippen LogP contribution is 2.31. The Morgan fingerprint density at radius 3 is 2.79 bits per heavy atom. The van der Waals surface area contributed by atoms with Gasteiger partial charge in [-0.3, -0.25) is 19.7 Å². The first-order valence-electron chi connectivity index (χ1n) is 7.20. The Labute approximate surface area is 137 Å². The van der Waals surface area contributed by atoms with Crippen LogP contribution in [0.1, 0.15) is 13.3 Å². The first kappa shape index (κ1) is 17.3. The Bertz CT molecular complexity index is 675. The number of ether oxygens (including phenoxy) is 2. The van der Waals surface area contributed by atoms with Crippen LogP contribution in [0.5, 0.6) is 5.75 Å². The molecule has 2 rings (SSSR count). The quantitative estimate of drug-likeness (QED) is 0.725. The molecule has 1 aliphatic heterocycles. The number of urea groups is 1. The average molecular weight is 335 g/mol. The molecule has 0 fully saturated rings. The third-order valence-electron chi connectivity index (χ3n) is 3.27. The smallest absolute Gasteiger partial charge is 0.318 e. The molecule has 128 valence electrons. The number of primary amides is 1. The van der Waals surface area contributed by atoms with Crippen molar-refractivity contribution < 1.29 is 28.7 Å². The number of hydrogen-bond donors (Lipinski definition) is 2. The van der Waals surface area contributed by atoms with Crippen LogP contribution in [0.3, 0.4) is 0 Å². The number of para-hydroxylation sites is 2. The largest absolute Gasteiger partial charge is 0.482 e. The van der Waals surface area contributed by atoms with E-state index in [1.807, 2.05) is 5.32 Å². The van der Waals surface area contributed by atoms with E-state index in [0.717, 1.165) is 0 Å². The number of carbonyl (C=O) groups excluding carboxylic acids is 4. The van der Waals surface area contributed by atoms with Crippen molar-refractivity contribution in [2.75, 3.05) is 18.1 Å². The number of imide groups is 1. The molecular weight excluding hydrogens is 318 g/mol. The zero-order valence-corrected chi connectivity index (χ0v) is 13.0. The van der Waals surface area contributed by atoms with E-state index in [1.165, 1.54) is 11.8 Å².